The van der Waals surface area contributed by atoms with Gasteiger partial charge in [0, 0.05) is 29.7 Å². The molecule has 0 aliphatic heterocycles. The maximum Gasteiger partial charge on any atom is 0.270 e. The third kappa shape index (κ3) is 4.17. The molecule has 0 aliphatic rings. The fourth-order valence-electron chi connectivity index (χ4n) is 1.93. The number of non-ortho nitro benzene ring substituents is 1. The molecule has 4 nitrogen and oxygen atoms in total. The number of nitrogens with one attached hydrogen (secondary N) is 1. The van der Waals surface area contributed by atoms with Gasteiger partial charge in [-0.05, 0) is 36.2 Å². The van der Waals surface area contributed by atoms with Crippen molar-refractivity contribution in [2.24, 2.45) is 0 Å². The molecule has 1 N–H and O–H groups in total. The Morgan fingerprint density at radius 3 is 2.43 bits per heavy atom. The predicted molar refractivity (Wildman–Crippen MR) is 84.8 cm³/mol. The number of benzene rings is 2. The molecule has 0 saturated heterocycles. The number of nitro groups is 1. The van der Waals surface area contributed by atoms with E-state index in [9.17, 15) is 10.1 Å². The minimum atomic E-state index is -0.459. The molecule has 110 valence electrons. The molecule has 0 amide bonds. The molecule has 0 fully saturated rings. The van der Waals surface area contributed by atoms with Gasteiger partial charge in [0.15, 0.2) is 0 Å². The Kier molecular flexibility index (Phi) is 5.17. The summed E-state index contributed by atoms with van der Waals surface area (Å²) in [5, 5.41) is 15.1. The lowest BCUT2D eigenvalue weighted by Crippen LogP contribution is -2.18. The number of halogens is 2. The molecule has 2 rings (SSSR count). The Balaban J connectivity index is 2.02. The first-order valence-electron chi connectivity index (χ1n) is 6.39. The number of nitro benzene ring substituents is 1. The number of rotatable bonds is 5. The number of nitrogens with zero attached hydrogens (tertiary/aromatic N) is 1. The van der Waals surface area contributed by atoms with Gasteiger partial charge in [-0.3, -0.25) is 10.1 Å². The van der Waals surface area contributed by atoms with Crippen LogP contribution in [0.5, 0.6) is 0 Å². The molecule has 0 saturated carbocycles. The summed E-state index contributed by atoms with van der Waals surface area (Å²) in [4.78, 5) is 10.2. The molecule has 1 atom stereocenters. The second kappa shape index (κ2) is 6.89. The van der Waals surface area contributed by atoms with Gasteiger partial charge in [-0.1, -0.05) is 35.3 Å². The summed E-state index contributed by atoms with van der Waals surface area (Å²) in [6.07, 6.45) is 0. The zero-order chi connectivity index (χ0) is 15.4. The highest BCUT2D eigenvalue weighted by molar-refractivity contribution is 6.31. The van der Waals surface area contributed by atoms with Gasteiger partial charge >= 0.3 is 0 Å². The van der Waals surface area contributed by atoms with Crippen LogP contribution in [-0.4, -0.2) is 4.92 Å². The minimum Gasteiger partial charge on any atom is -0.306 e. The van der Waals surface area contributed by atoms with Crippen LogP contribution in [0, 0.1) is 10.1 Å². The molecular formula is C15H14Cl2N2O2. The summed E-state index contributed by atoms with van der Waals surface area (Å²) in [7, 11) is 0. The van der Waals surface area contributed by atoms with E-state index in [2.05, 4.69) is 5.32 Å². The van der Waals surface area contributed by atoms with Gasteiger partial charge < -0.3 is 5.32 Å². The lowest BCUT2D eigenvalue weighted by atomic mass is 10.1. The van der Waals surface area contributed by atoms with E-state index in [4.69, 9.17) is 23.2 Å². The van der Waals surface area contributed by atoms with Crippen molar-refractivity contribution >= 4 is 28.9 Å². The quantitative estimate of drug-likeness (QED) is 0.637. The first kappa shape index (κ1) is 15.8. The standard InChI is InChI=1S/C15H14Cl2N2O2/c1-10(11-2-5-13(16)6-3-11)18-9-12-4-7-14(19(20)21)8-15(12)17/h2-8,10,18H,9H2,1H3. The molecule has 0 bridgehead atoms. The SMILES string of the molecule is CC(NCc1ccc([N+](=O)[O-])cc1Cl)c1ccc(Cl)cc1. The first-order valence-corrected chi connectivity index (χ1v) is 7.14. The van der Waals surface area contributed by atoms with Crippen LogP contribution in [0.25, 0.3) is 0 Å². The molecule has 21 heavy (non-hydrogen) atoms. The zero-order valence-electron chi connectivity index (χ0n) is 11.3. The van der Waals surface area contributed by atoms with E-state index in [0.29, 0.717) is 16.6 Å². The van der Waals surface area contributed by atoms with Crippen molar-refractivity contribution in [1.82, 2.24) is 5.32 Å². The van der Waals surface area contributed by atoms with Crippen molar-refractivity contribution in [3.05, 3.63) is 73.8 Å². The zero-order valence-corrected chi connectivity index (χ0v) is 12.9. The Morgan fingerprint density at radius 1 is 1.19 bits per heavy atom. The van der Waals surface area contributed by atoms with Gasteiger partial charge in [0.1, 0.15) is 0 Å². The van der Waals surface area contributed by atoms with E-state index in [1.54, 1.807) is 6.07 Å². The summed E-state index contributed by atoms with van der Waals surface area (Å²) < 4.78 is 0. The summed E-state index contributed by atoms with van der Waals surface area (Å²) >= 11 is 11.9. The van der Waals surface area contributed by atoms with Gasteiger partial charge in [0.2, 0.25) is 0 Å². The van der Waals surface area contributed by atoms with E-state index in [1.807, 2.05) is 31.2 Å². The van der Waals surface area contributed by atoms with Crippen molar-refractivity contribution in [1.29, 1.82) is 0 Å². The third-order valence-corrected chi connectivity index (χ3v) is 3.82. The molecule has 2 aromatic carbocycles. The van der Waals surface area contributed by atoms with E-state index < -0.39 is 4.92 Å². The molecular weight excluding hydrogens is 311 g/mol. The highest BCUT2D eigenvalue weighted by Crippen LogP contribution is 2.23. The van der Waals surface area contributed by atoms with Crippen LogP contribution in [0.15, 0.2) is 42.5 Å². The lowest BCUT2D eigenvalue weighted by Gasteiger charge is -2.15. The summed E-state index contributed by atoms with van der Waals surface area (Å²) in [5.41, 5.74) is 1.93. The monoisotopic (exact) mass is 324 g/mol. The maximum atomic E-state index is 10.7. The lowest BCUT2D eigenvalue weighted by molar-refractivity contribution is -0.384. The van der Waals surface area contributed by atoms with Crippen LogP contribution in [0.2, 0.25) is 10.0 Å². The Labute approximate surface area is 132 Å². The first-order chi connectivity index (χ1) is 9.97. The average Bonchev–Trinajstić information content (AvgIpc) is 2.46. The van der Waals surface area contributed by atoms with Crippen molar-refractivity contribution in [2.45, 2.75) is 19.5 Å². The Hall–Kier alpha value is -1.62. The molecule has 0 spiro atoms. The van der Waals surface area contributed by atoms with Gasteiger partial charge in [-0.2, -0.15) is 0 Å². The summed E-state index contributed by atoms with van der Waals surface area (Å²) in [6, 6.07) is 12.2. The second-order valence-corrected chi connectivity index (χ2v) is 5.53. The largest absolute Gasteiger partial charge is 0.306 e. The topological polar surface area (TPSA) is 55.2 Å². The van der Waals surface area contributed by atoms with Gasteiger partial charge in [-0.25, -0.2) is 0 Å². The van der Waals surface area contributed by atoms with Crippen LogP contribution < -0.4 is 5.32 Å². The van der Waals surface area contributed by atoms with Gasteiger partial charge in [-0.15, -0.1) is 0 Å². The minimum absolute atomic E-state index is 0.00509. The molecule has 0 radical (unpaired) electrons. The van der Waals surface area contributed by atoms with Crippen molar-refractivity contribution in [3.63, 3.8) is 0 Å². The molecule has 0 heterocycles. The van der Waals surface area contributed by atoms with Gasteiger partial charge in [0.05, 0.1) is 9.95 Å². The van der Waals surface area contributed by atoms with Crippen molar-refractivity contribution in [3.8, 4) is 0 Å². The second-order valence-electron chi connectivity index (χ2n) is 4.69. The van der Waals surface area contributed by atoms with E-state index >= 15 is 0 Å². The van der Waals surface area contributed by atoms with Crippen LogP contribution in [0.3, 0.4) is 0 Å². The molecule has 2 aromatic rings. The van der Waals surface area contributed by atoms with Crippen LogP contribution in [0.4, 0.5) is 5.69 Å². The fraction of sp³-hybridized carbons (Fsp3) is 0.200. The number of hydrogen-bond donors (Lipinski definition) is 1. The maximum absolute atomic E-state index is 10.7. The smallest absolute Gasteiger partial charge is 0.270 e. The van der Waals surface area contributed by atoms with Gasteiger partial charge in [0.25, 0.3) is 5.69 Å². The fourth-order valence-corrected chi connectivity index (χ4v) is 2.29. The van der Waals surface area contributed by atoms with E-state index in [0.717, 1.165) is 11.1 Å². The van der Waals surface area contributed by atoms with Crippen LogP contribution in [-0.2, 0) is 6.54 Å². The Morgan fingerprint density at radius 2 is 1.86 bits per heavy atom. The summed E-state index contributed by atoms with van der Waals surface area (Å²) in [5.74, 6) is 0. The van der Waals surface area contributed by atoms with E-state index in [-0.39, 0.29) is 11.7 Å². The third-order valence-electron chi connectivity index (χ3n) is 3.22. The normalized spacial score (nSPS) is 12.1. The molecule has 0 aromatic heterocycles. The molecule has 6 heteroatoms. The summed E-state index contributed by atoms with van der Waals surface area (Å²) in [6.45, 7) is 2.56. The van der Waals surface area contributed by atoms with Crippen LogP contribution in [0.1, 0.15) is 24.1 Å². The van der Waals surface area contributed by atoms with Crippen molar-refractivity contribution in [2.75, 3.05) is 0 Å². The van der Waals surface area contributed by atoms with Crippen molar-refractivity contribution < 1.29 is 4.92 Å². The average molecular weight is 325 g/mol. The van der Waals surface area contributed by atoms with E-state index in [1.165, 1.54) is 12.1 Å². The predicted octanol–water partition coefficient (Wildman–Crippen LogP) is 4.75. The van der Waals surface area contributed by atoms with Crippen LogP contribution >= 0.6 is 23.2 Å². The highest BCUT2D eigenvalue weighted by Gasteiger charge is 2.11. The molecule has 0 aliphatic carbocycles. The number of hydrogen-bond acceptors (Lipinski definition) is 3. The highest BCUT2D eigenvalue weighted by atomic mass is 35.5. The molecule has 1 unspecified atom stereocenters. The Bertz CT molecular complexity index is 645.